The fourth-order valence-corrected chi connectivity index (χ4v) is 2.27. The number of benzene rings is 1. The molecule has 5 heteroatoms. The highest BCUT2D eigenvalue weighted by molar-refractivity contribution is 9.12. The summed E-state index contributed by atoms with van der Waals surface area (Å²) in [5.74, 6) is 0. The van der Waals surface area contributed by atoms with Crippen molar-refractivity contribution >= 4 is 21.6 Å². The van der Waals surface area contributed by atoms with Crippen molar-refractivity contribution in [1.29, 1.82) is 5.26 Å². The van der Waals surface area contributed by atoms with Gasteiger partial charge in [0, 0.05) is 15.9 Å². The minimum atomic E-state index is -2.47. The molecule has 1 aliphatic heterocycles. The van der Waals surface area contributed by atoms with Gasteiger partial charge in [-0.1, -0.05) is 18.7 Å². The van der Waals surface area contributed by atoms with Crippen molar-refractivity contribution in [2.24, 2.45) is 0 Å². The summed E-state index contributed by atoms with van der Waals surface area (Å²) in [4.78, 5) is 1.47. The van der Waals surface area contributed by atoms with Gasteiger partial charge in [-0.2, -0.15) is 5.26 Å². The second-order valence-corrected chi connectivity index (χ2v) is 5.06. The Labute approximate surface area is 124 Å². The predicted octanol–water partition coefficient (Wildman–Crippen LogP) is 4.27. The fourth-order valence-electron chi connectivity index (χ4n) is 1.93. The summed E-state index contributed by atoms with van der Waals surface area (Å²) in [6, 6.07) is 8.82. The van der Waals surface area contributed by atoms with Crippen molar-refractivity contribution in [3.63, 3.8) is 0 Å². The van der Waals surface area contributed by atoms with Crippen LogP contribution in [-0.4, -0.2) is 17.9 Å². The van der Waals surface area contributed by atoms with Crippen molar-refractivity contribution in [1.82, 2.24) is 4.90 Å². The van der Waals surface area contributed by atoms with Gasteiger partial charge in [0.2, 0.25) is 0 Å². The van der Waals surface area contributed by atoms with Crippen LogP contribution < -0.4 is 0 Å². The zero-order valence-corrected chi connectivity index (χ0v) is 12.1. The van der Waals surface area contributed by atoms with E-state index >= 15 is 0 Å². The summed E-state index contributed by atoms with van der Waals surface area (Å²) in [5.41, 5.74) is 2.43. The maximum atomic E-state index is 12.7. The quantitative estimate of drug-likeness (QED) is 0.824. The largest absolute Gasteiger partial charge is 0.335 e. The van der Waals surface area contributed by atoms with Crippen LogP contribution in [0.5, 0.6) is 0 Å². The van der Waals surface area contributed by atoms with Crippen LogP contribution >= 0.6 is 15.9 Å². The molecule has 0 bridgehead atoms. The molecule has 0 aliphatic carbocycles. The van der Waals surface area contributed by atoms with E-state index in [1.165, 1.54) is 4.90 Å². The van der Waals surface area contributed by atoms with E-state index in [1.807, 2.05) is 6.07 Å². The topological polar surface area (TPSA) is 27.0 Å². The van der Waals surface area contributed by atoms with E-state index in [0.717, 1.165) is 5.56 Å². The number of nitriles is 1. The molecule has 0 atom stereocenters. The van der Waals surface area contributed by atoms with Gasteiger partial charge in [0.15, 0.2) is 0 Å². The van der Waals surface area contributed by atoms with Gasteiger partial charge in [0.1, 0.15) is 0 Å². The highest BCUT2D eigenvalue weighted by Gasteiger charge is 2.22. The highest BCUT2D eigenvalue weighted by Crippen LogP contribution is 2.33. The van der Waals surface area contributed by atoms with Crippen LogP contribution in [0.2, 0.25) is 0 Å². The zero-order valence-electron chi connectivity index (χ0n) is 10.5. The van der Waals surface area contributed by atoms with E-state index in [0.29, 0.717) is 21.4 Å². The van der Waals surface area contributed by atoms with Gasteiger partial charge in [-0.3, -0.25) is 0 Å². The average molecular weight is 337 g/mol. The lowest BCUT2D eigenvalue weighted by atomic mass is 10.1. The summed E-state index contributed by atoms with van der Waals surface area (Å²) < 4.78 is 26.2. The lowest BCUT2D eigenvalue weighted by Crippen LogP contribution is -2.28. The summed E-state index contributed by atoms with van der Waals surface area (Å²) in [7, 11) is 0. The molecule has 1 aromatic carbocycles. The van der Waals surface area contributed by atoms with Crippen molar-refractivity contribution in [3.8, 4) is 6.07 Å². The Morgan fingerprint density at radius 2 is 1.90 bits per heavy atom. The molecular weight excluding hydrogens is 326 g/mol. The molecule has 102 valence electrons. The van der Waals surface area contributed by atoms with Crippen molar-refractivity contribution < 1.29 is 8.78 Å². The van der Waals surface area contributed by atoms with Gasteiger partial charge in [0.25, 0.3) is 6.43 Å². The summed E-state index contributed by atoms with van der Waals surface area (Å²) in [6.45, 7) is 3.40. The first kappa shape index (κ1) is 14.5. The SMILES string of the molecule is C=C1C(Br)=CC=C(c2ccc(C#N)cc2)N1CC(F)F. The number of allylic oxidation sites excluding steroid dienone is 3. The van der Waals surface area contributed by atoms with Crippen LogP contribution in [0.1, 0.15) is 11.1 Å². The minimum Gasteiger partial charge on any atom is -0.335 e. The third-order valence-electron chi connectivity index (χ3n) is 2.91. The first-order valence-electron chi connectivity index (χ1n) is 5.86. The summed E-state index contributed by atoms with van der Waals surface area (Å²) in [6.07, 6.45) is 1.06. The Hall–Kier alpha value is -1.93. The first-order valence-corrected chi connectivity index (χ1v) is 6.65. The fraction of sp³-hybridized carbons (Fsp3) is 0.133. The van der Waals surface area contributed by atoms with Crippen LogP contribution in [0.15, 0.2) is 53.2 Å². The molecule has 0 aromatic heterocycles. The molecule has 0 N–H and O–H groups in total. The zero-order chi connectivity index (χ0) is 14.7. The highest BCUT2D eigenvalue weighted by atomic mass is 79.9. The van der Waals surface area contributed by atoms with Crippen LogP contribution in [0.25, 0.3) is 5.70 Å². The van der Waals surface area contributed by atoms with Crippen molar-refractivity contribution in [3.05, 3.63) is 64.3 Å². The van der Waals surface area contributed by atoms with Gasteiger partial charge >= 0.3 is 0 Å². The monoisotopic (exact) mass is 336 g/mol. The predicted molar refractivity (Wildman–Crippen MR) is 78.0 cm³/mol. The second-order valence-electron chi connectivity index (χ2n) is 4.20. The molecule has 2 nitrogen and oxygen atoms in total. The molecule has 0 spiro atoms. The summed E-state index contributed by atoms with van der Waals surface area (Å²) >= 11 is 3.29. The summed E-state index contributed by atoms with van der Waals surface area (Å²) in [5, 5.41) is 8.78. The van der Waals surface area contributed by atoms with E-state index in [2.05, 4.69) is 22.5 Å². The standard InChI is InChI=1S/C15H11BrF2N2/c1-10-13(16)6-7-14(20(10)9-15(17)18)12-4-2-11(8-19)3-5-12/h2-7,15H,1,9H2. The number of rotatable bonds is 3. The minimum absolute atomic E-state index is 0.423. The molecule has 0 radical (unpaired) electrons. The molecule has 2 rings (SSSR count). The van der Waals surface area contributed by atoms with Crippen LogP contribution in [-0.2, 0) is 0 Å². The van der Waals surface area contributed by atoms with Crippen LogP contribution in [0, 0.1) is 11.3 Å². The second kappa shape index (κ2) is 6.02. The number of nitrogens with zero attached hydrogens (tertiary/aromatic N) is 2. The van der Waals surface area contributed by atoms with Crippen LogP contribution in [0.3, 0.4) is 0 Å². The lowest BCUT2D eigenvalue weighted by molar-refractivity contribution is 0.123. The molecule has 20 heavy (non-hydrogen) atoms. The van der Waals surface area contributed by atoms with Gasteiger partial charge in [-0.15, -0.1) is 0 Å². The number of alkyl halides is 2. The number of hydrogen-bond donors (Lipinski definition) is 0. The molecule has 1 aromatic rings. The molecule has 0 saturated carbocycles. The molecule has 0 amide bonds. The lowest BCUT2D eigenvalue weighted by Gasteiger charge is -2.31. The maximum absolute atomic E-state index is 12.7. The van der Waals surface area contributed by atoms with Gasteiger partial charge in [-0.25, -0.2) is 8.78 Å². The Morgan fingerprint density at radius 1 is 1.25 bits per heavy atom. The Balaban J connectivity index is 2.39. The number of halogens is 3. The van der Waals surface area contributed by atoms with E-state index in [4.69, 9.17) is 5.26 Å². The van der Waals surface area contributed by atoms with Gasteiger partial charge in [-0.05, 0) is 45.8 Å². The molecule has 1 heterocycles. The Bertz CT molecular complexity index is 624. The van der Waals surface area contributed by atoms with E-state index in [-0.39, 0.29) is 0 Å². The van der Waals surface area contributed by atoms with Crippen molar-refractivity contribution in [2.45, 2.75) is 6.43 Å². The number of hydrogen-bond acceptors (Lipinski definition) is 2. The molecular formula is C15H11BrF2N2. The average Bonchev–Trinajstić information content (AvgIpc) is 2.44. The Kier molecular flexibility index (Phi) is 4.35. The third-order valence-corrected chi connectivity index (χ3v) is 3.63. The third kappa shape index (κ3) is 2.97. The first-order chi connectivity index (χ1) is 9.52. The van der Waals surface area contributed by atoms with E-state index < -0.39 is 13.0 Å². The smallest absolute Gasteiger partial charge is 0.256 e. The van der Waals surface area contributed by atoms with Gasteiger partial charge in [0.05, 0.1) is 18.2 Å². The molecule has 0 fully saturated rings. The van der Waals surface area contributed by atoms with E-state index in [1.54, 1.807) is 36.4 Å². The molecule has 0 unspecified atom stereocenters. The van der Waals surface area contributed by atoms with Crippen molar-refractivity contribution in [2.75, 3.05) is 6.54 Å². The normalized spacial score (nSPS) is 14.9. The maximum Gasteiger partial charge on any atom is 0.256 e. The molecule has 1 aliphatic rings. The molecule has 0 saturated heterocycles. The van der Waals surface area contributed by atoms with Gasteiger partial charge < -0.3 is 4.90 Å². The van der Waals surface area contributed by atoms with E-state index in [9.17, 15) is 8.78 Å². The Morgan fingerprint density at radius 3 is 2.45 bits per heavy atom. The van der Waals surface area contributed by atoms with Crippen LogP contribution in [0.4, 0.5) is 8.78 Å².